The first-order chi connectivity index (χ1) is 8.61. The molecule has 5 nitrogen and oxygen atoms in total. The van der Waals surface area contributed by atoms with Crippen molar-refractivity contribution >= 4 is 35.6 Å². The fourth-order valence-electron chi connectivity index (χ4n) is 1.45. The van der Waals surface area contributed by atoms with Crippen molar-refractivity contribution in [1.29, 1.82) is 0 Å². The molecule has 0 bridgehead atoms. The number of methoxy groups -OCH3 is 1. The molecule has 0 saturated carbocycles. The number of nitrogens with two attached hydrogens (primary N) is 1. The molecule has 1 aromatic carbocycles. The number of nitrogens with zero attached hydrogens (tertiary/aromatic N) is 2. The van der Waals surface area contributed by atoms with Crippen LogP contribution in [0.3, 0.4) is 0 Å². The van der Waals surface area contributed by atoms with Gasteiger partial charge in [0.25, 0.3) is 0 Å². The maximum atomic E-state index is 5.79. The summed E-state index contributed by atoms with van der Waals surface area (Å²) >= 11 is 0. The Morgan fingerprint density at radius 3 is 2.47 bits per heavy atom. The van der Waals surface area contributed by atoms with Crippen LogP contribution in [-0.2, 0) is 0 Å². The molecule has 3 N–H and O–H groups in total. The van der Waals surface area contributed by atoms with Gasteiger partial charge >= 0.3 is 0 Å². The Balaban J connectivity index is 0.00000324. The molecule has 0 aliphatic heterocycles. The molecule has 0 amide bonds. The maximum Gasteiger partial charge on any atom is 0.193 e. The molecule has 0 heterocycles. The monoisotopic (exact) mass is 378 g/mol. The van der Waals surface area contributed by atoms with E-state index in [2.05, 4.69) is 15.2 Å². The summed E-state index contributed by atoms with van der Waals surface area (Å²) in [6.07, 6.45) is 0.998. The molecule has 0 radical (unpaired) electrons. The fraction of sp³-hybridized carbons (Fsp3) is 0.462. The predicted octanol–water partition coefficient (Wildman–Crippen LogP) is 1.99. The Kier molecular flexibility index (Phi) is 9.32. The number of guanidine groups is 1. The van der Waals surface area contributed by atoms with Gasteiger partial charge < -0.3 is 20.7 Å². The molecule has 0 unspecified atom stereocenters. The topological polar surface area (TPSA) is 62.9 Å². The number of rotatable bonds is 6. The molecular formula is C13H23IN4O. The van der Waals surface area contributed by atoms with Crippen LogP contribution in [0.2, 0.25) is 0 Å². The molecule has 19 heavy (non-hydrogen) atoms. The Labute approximate surface area is 132 Å². The van der Waals surface area contributed by atoms with Crippen LogP contribution in [0.1, 0.15) is 6.42 Å². The molecule has 1 rings (SSSR count). The van der Waals surface area contributed by atoms with Crippen LogP contribution >= 0.6 is 24.0 Å². The molecule has 1 aromatic rings. The zero-order chi connectivity index (χ0) is 13.4. The van der Waals surface area contributed by atoms with E-state index in [1.165, 1.54) is 0 Å². The minimum absolute atomic E-state index is 0. The normalized spacial score (nSPS) is 11.1. The van der Waals surface area contributed by atoms with Crippen LogP contribution in [0.5, 0.6) is 5.75 Å². The van der Waals surface area contributed by atoms with Crippen LogP contribution in [0.4, 0.5) is 5.69 Å². The summed E-state index contributed by atoms with van der Waals surface area (Å²) in [5, 5.41) is 3.04. The van der Waals surface area contributed by atoms with Gasteiger partial charge in [0.2, 0.25) is 0 Å². The van der Waals surface area contributed by atoms with Gasteiger partial charge in [0.1, 0.15) is 5.75 Å². The summed E-state index contributed by atoms with van der Waals surface area (Å²) in [6, 6.07) is 7.56. The largest absolute Gasteiger partial charge is 0.497 e. The smallest absolute Gasteiger partial charge is 0.193 e. The third kappa shape index (κ3) is 7.89. The minimum atomic E-state index is 0. The van der Waals surface area contributed by atoms with Crippen molar-refractivity contribution in [3.8, 4) is 5.75 Å². The first kappa shape index (κ1) is 18.0. The van der Waals surface area contributed by atoms with Crippen LogP contribution in [0.15, 0.2) is 29.3 Å². The van der Waals surface area contributed by atoms with E-state index in [9.17, 15) is 0 Å². The van der Waals surface area contributed by atoms with Crippen molar-refractivity contribution in [2.75, 3.05) is 39.6 Å². The Morgan fingerprint density at radius 1 is 1.32 bits per heavy atom. The highest BCUT2D eigenvalue weighted by Gasteiger charge is 1.96. The van der Waals surface area contributed by atoms with E-state index in [0.29, 0.717) is 5.96 Å². The van der Waals surface area contributed by atoms with E-state index in [-0.39, 0.29) is 24.0 Å². The van der Waals surface area contributed by atoms with E-state index in [1.807, 2.05) is 38.4 Å². The zero-order valence-corrected chi connectivity index (χ0v) is 14.0. The summed E-state index contributed by atoms with van der Waals surface area (Å²) in [5.74, 6) is 1.26. The molecule has 0 aliphatic carbocycles. The fourth-order valence-corrected chi connectivity index (χ4v) is 1.45. The van der Waals surface area contributed by atoms with E-state index < -0.39 is 0 Å². The first-order valence-corrected chi connectivity index (χ1v) is 5.97. The summed E-state index contributed by atoms with van der Waals surface area (Å²) in [4.78, 5) is 6.39. The average Bonchev–Trinajstić information content (AvgIpc) is 2.35. The third-order valence-electron chi connectivity index (χ3n) is 2.41. The van der Waals surface area contributed by atoms with Crippen molar-refractivity contribution < 1.29 is 4.74 Å². The molecule has 0 saturated heterocycles. The Bertz CT molecular complexity index is 379. The van der Waals surface area contributed by atoms with E-state index >= 15 is 0 Å². The molecule has 108 valence electrons. The number of benzene rings is 1. The van der Waals surface area contributed by atoms with E-state index in [1.54, 1.807) is 7.11 Å². The summed E-state index contributed by atoms with van der Waals surface area (Å²) in [6.45, 7) is 1.74. The number of aliphatic imine (C=N–C) groups is 1. The Hall–Kier alpha value is -1.02. The van der Waals surface area contributed by atoms with Gasteiger partial charge in [-0.05, 0) is 51.3 Å². The highest BCUT2D eigenvalue weighted by Crippen LogP contribution is 2.14. The van der Waals surface area contributed by atoms with Crippen LogP contribution in [-0.4, -0.2) is 45.2 Å². The number of hydrogen-bond donors (Lipinski definition) is 2. The molecular weight excluding hydrogens is 355 g/mol. The summed E-state index contributed by atoms with van der Waals surface area (Å²) in [5.41, 5.74) is 6.69. The standard InChI is InChI=1S/C13H22N4O.HI/c1-17(2)10-4-9-15-13(14)16-11-5-7-12(18-3)8-6-11;/h5-8H,4,9-10H2,1-3H3,(H3,14,15,16);1H. The third-order valence-corrected chi connectivity index (χ3v) is 2.41. The van der Waals surface area contributed by atoms with Crippen LogP contribution in [0, 0.1) is 0 Å². The van der Waals surface area contributed by atoms with Gasteiger partial charge in [0.15, 0.2) is 5.96 Å². The SMILES string of the molecule is COc1ccc(NC(N)=NCCCN(C)C)cc1.I. The van der Waals surface area contributed by atoms with Gasteiger partial charge in [-0.15, -0.1) is 24.0 Å². The lowest BCUT2D eigenvalue weighted by atomic mass is 10.3. The van der Waals surface area contributed by atoms with Crippen molar-refractivity contribution in [2.45, 2.75) is 6.42 Å². The van der Waals surface area contributed by atoms with Crippen molar-refractivity contribution in [2.24, 2.45) is 10.7 Å². The molecule has 6 heteroatoms. The second-order valence-corrected chi connectivity index (χ2v) is 4.28. The number of anilines is 1. The van der Waals surface area contributed by atoms with Crippen molar-refractivity contribution in [3.05, 3.63) is 24.3 Å². The van der Waals surface area contributed by atoms with E-state index in [4.69, 9.17) is 10.5 Å². The average molecular weight is 378 g/mol. The second kappa shape index (κ2) is 9.85. The number of halogens is 1. The van der Waals surface area contributed by atoms with Crippen molar-refractivity contribution in [1.82, 2.24) is 4.90 Å². The zero-order valence-electron chi connectivity index (χ0n) is 11.7. The predicted molar refractivity (Wildman–Crippen MR) is 91.7 cm³/mol. The highest BCUT2D eigenvalue weighted by atomic mass is 127. The molecule has 0 spiro atoms. The summed E-state index contributed by atoms with van der Waals surface area (Å²) < 4.78 is 5.08. The summed E-state index contributed by atoms with van der Waals surface area (Å²) in [7, 11) is 5.73. The number of hydrogen-bond acceptors (Lipinski definition) is 3. The van der Waals surface area contributed by atoms with Crippen molar-refractivity contribution in [3.63, 3.8) is 0 Å². The lowest BCUT2D eigenvalue weighted by Crippen LogP contribution is -2.23. The second-order valence-electron chi connectivity index (χ2n) is 4.28. The van der Waals surface area contributed by atoms with Gasteiger partial charge in [-0.2, -0.15) is 0 Å². The van der Waals surface area contributed by atoms with Crippen LogP contribution in [0.25, 0.3) is 0 Å². The van der Waals surface area contributed by atoms with Gasteiger partial charge in [-0.25, -0.2) is 0 Å². The molecule has 0 aromatic heterocycles. The minimum Gasteiger partial charge on any atom is -0.497 e. The highest BCUT2D eigenvalue weighted by molar-refractivity contribution is 14.0. The maximum absolute atomic E-state index is 5.79. The van der Waals surface area contributed by atoms with Gasteiger partial charge in [-0.1, -0.05) is 0 Å². The lowest BCUT2D eigenvalue weighted by molar-refractivity contribution is 0.403. The Morgan fingerprint density at radius 2 is 1.95 bits per heavy atom. The van der Waals surface area contributed by atoms with Gasteiger partial charge in [-0.3, -0.25) is 4.99 Å². The van der Waals surface area contributed by atoms with Gasteiger partial charge in [0.05, 0.1) is 7.11 Å². The molecule has 0 fully saturated rings. The van der Waals surface area contributed by atoms with Gasteiger partial charge in [0, 0.05) is 12.2 Å². The molecule has 0 atom stereocenters. The number of ether oxygens (including phenoxy) is 1. The molecule has 0 aliphatic rings. The van der Waals surface area contributed by atoms with Crippen LogP contribution < -0.4 is 15.8 Å². The lowest BCUT2D eigenvalue weighted by Gasteiger charge is -2.08. The first-order valence-electron chi connectivity index (χ1n) is 5.97. The van der Waals surface area contributed by atoms with E-state index in [0.717, 1.165) is 30.9 Å². The quantitative estimate of drug-likeness (QED) is 0.344. The number of nitrogens with one attached hydrogen (secondary N) is 1.